The lowest BCUT2D eigenvalue weighted by molar-refractivity contribution is 0.0943. The summed E-state index contributed by atoms with van der Waals surface area (Å²) in [5.74, 6) is 0.473. The van der Waals surface area contributed by atoms with Crippen LogP contribution in [-0.4, -0.2) is 30.5 Å². The number of nitrogens with zero attached hydrogens (tertiary/aromatic N) is 4. The number of hydrogen-bond donors (Lipinski definition) is 2. The topological polar surface area (TPSA) is 80.5 Å². The predicted molar refractivity (Wildman–Crippen MR) is 109 cm³/mol. The van der Waals surface area contributed by atoms with Crippen molar-refractivity contribution in [1.29, 1.82) is 0 Å². The number of halogens is 1. The minimum absolute atomic E-state index is 0.195. The van der Waals surface area contributed by atoms with Gasteiger partial charge in [0.2, 0.25) is 0 Å². The summed E-state index contributed by atoms with van der Waals surface area (Å²) in [7, 11) is 1.81. The van der Waals surface area contributed by atoms with Crippen LogP contribution in [0.5, 0.6) is 0 Å². The Kier molecular flexibility index (Phi) is 5.32. The summed E-state index contributed by atoms with van der Waals surface area (Å²) in [6.07, 6.45) is 5.08. The first-order valence-electron chi connectivity index (χ1n) is 9.30. The molecule has 0 saturated carbocycles. The van der Waals surface area contributed by atoms with E-state index in [1.54, 1.807) is 4.57 Å². The maximum Gasteiger partial charge on any atom is 0.272 e. The van der Waals surface area contributed by atoms with E-state index in [2.05, 4.69) is 20.6 Å². The van der Waals surface area contributed by atoms with E-state index in [0.717, 1.165) is 49.0 Å². The van der Waals surface area contributed by atoms with Crippen molar-refractivity contribution in [2.75, 3.05) is 0 Å². The van der Waals surface area contributed by atoms with Gasteiger partial charge in [0.15, 0.2) is 16.3 Å². The second-order valence-corrected chi connectivity index (χ2v) is 7.73. The number of fused-ring (bicyclic) bond motifs is 1. The lowest BCUT2D eigenvalue weighted by Crippen LogP contribution is -2.26. The van der Waals surface area contributed by atoms with Gasteiger partial charge in [0.1, 0.15) is 0 Å². The van der Waals surface area contributed by atoms with Gasteiger partial charge in [0.05, 0.1) is 12.2 Å². The molecule has 7 nitrogen and oxygen atoms in total. The molecule has 1 aliphatic rings. The number of nitrogens with one attached hydrogen (secondary N) is 2. The van der Waals surface area contributed by atoms with Gasteiger partial charge in [-0.2, -0.15) is 10.2 Å². The Bertz CT molecular complexity index is 1070. The standard InChI is InChI=1S/C19H21ClN6OS/c1-25-16(22-23-19(25)28)11-21-18(27)17-14-5-3-2-4-6-15(14)26(24-17)13-9-7-12(20)8-10-13/h7-10H,2-6,11H2,1H3,(H,21,27)(H,23,28). The molecule has 28 heavy (non-hydrogen) atoms. The van der Waals surface area contributed by atoms with Gasteiger partial charge in [-0.1, -0.05) is 18.0 Å². The lowest BCUT2D eigenvalue weighted by Gasteiger charge is -2.07. The van der Waals surface area contributed by atoms with E-state index in [1.807, 2.05) is 36.0 Å². The number of rotatable bonds is 4. The van der Waals surface area contributed by atoms with Crippen LogP contribution in [0.1, 0.15) is 46.8 Å². The molecule has 0 fully saturated rings. The smallest absolute Gasteiger partial charge is 0.272 e. The van der Waals surface area contributed by atoms with Crippen LogP contribution in [0, 0.1) is 4.77 Å². The maximum absolute atomic E-state index is 12.9. The fraction of sp³-hybridized carbons (Fsp3) is 0.368. The van der Waals surface area contributed by atoms with E-state index in [1.165, 1.54) is 0 Å². The fourth-order valence-electron chi connectivity index (χ4n) is 3.53. The van der Waals surface area contributed by atoms with Crippen molar-refractivity contribution in [1.82, 2.24) is 29.9 Å². The maximum atomic E-state index is 12.9. The Hall–Kier alpha value is -2.45. The SMILES string of the molecule is Cn1c(CNC(=O)c2nn(-c3ccc(Cl)cc3)c3c2CCCCC3)n[nH]c1=S. The van der Waals surface area contributed by atoms with Gasteiger partial charge in [0, 0.05) is 23.3 Å². The average molecular weight is 417 g/mol. The number of H-pyrrole nitrogens is 1. The molecule has 1 aliphatic carbocycles. The summed E-state index contributed by atoms with van der Waals surface area (Å²) < 4.78 is 4.15. The summed E-state index contributed by atoms with van der Waals surface area (Å²) in [5, 5.41) is 15.1. The van der Waals surface area contributed by atoms with Crippen molar-refractivity contribution in [3.63, 3.8) is 0 Å². The molecule has 146 valence electrons. The van der Waals surface area contributed by atoms with E-state index < -0.39 is 0 Å². The molecule has 0 radical (unpaired) electrons. The van der Waals surface area contributed by atoms with E-state index in [0.29, 0.717) is 21.3 Å². The van der Waals surface area contributed by atoms with Crippen molar-refractivity contribution >= 4 is 29.7 Å². The molecular formula is C19H21ClN6OS. The molecule has 0 atom stereocenters. The van der Waals surface area contributed by atoms with E-state index >= 15 is 0 Å². The van der Waals surface area contributed by atoms with E-state index in [4.69, 9.17) is 23.8 Å². The Morgan fingerprint density at radius 1 is 1.25 bits per heavy atom. The first-order valence-corrected chi connectivity index (χ1v) is 10.1. The Balaban J connectivity index is 1.66. The van der Waals surface area contributed by atoms with Gasteiger partial charge in [-0.05, 0) is 62.2 Å². The highest BCUT2D eigenvalue weighted by molar-refractivity contribution is 7.71. The van der Waals surface area contributed by atoms with Gasteiger partial charge < -0.3 is 9.88 Å². The number of amides is 1. The van der Waals surface area contributed by atoms with Gasteiger partial charge >= 0.3 is 0 Å². The zero-order chi connectivity index (χ0) is 19.7. The average Bonchev–Trinajstić information content (AvgIpc) is 3.10. The predicted octanol–water partition coefficient (Wildman–Crippen LogP) is 3.52. The van der Waals surface area contributed by atoms with E-state index in [-0.39, 0.29) is 12.5 Å². The van der Waals surface area contributed by atoms with Crippen molar-refractivity contribution in [3.05, 3.63) is 56.8 Å². The molecule has 2 aromatic heterocycles. The molecule has 2 N–H and O–H groups in total. The number of carbonyl (C=O) groups is 1. The number of aromatic nitrogens is 5. The van der Waals surface area contributed by atoms with Gasteiger partial charge in [-0.3, -0.25) is 9.89 Å². The molecule has 0 saturated heterocycles. The van der Waals surface area contributed by atoms with Crippen LogP contribution in [0.3, 0.4) is 0 Å². The number of benzene rings is 1. The highest BCUT2D eigenvalue weighted by Crippen LogP contribution is 2.27. The molecule has 0 aliphatic heterocycles. The van der Waals surface area contributed by atoms with Crippen LogP contribution >= 0.6 is 23.8 Å². The summed E-state index contributed by atoms with van der Waals surface area (Å²) >= 11 is 11.1. The third kappa shape index (κ3) is 3.62. The summed E-state index contributed by atoms with van der Waals surface area (Å²) in [6.45, 7) is 0.283. The molecule has 0 unspecified atom stereocenters. The van der Waals surface area contributed by atoms with Crippen LogP contribution in [-0.2, 0) is 26.4 Å². The molecule has 1 amide bonds. The molecule has 1 aromatic carbocycles. The molecular weight excluding hydrogens is 396 g/mol. The highest BCUT2D eigenvalue weighted by Gasteiger charge is 2.25. The number of hydrogen-bond acceptors (Lipinski definition) is 4. The van der Waals surface area contributed by atoms with Crippen LogP contribution in [0.2, 0.25) is 5.02 Å². The van der Waals surface area contributed by atoms with E-state index in [9.17, 15) is 4.79 Å². The van der Waals surface area contributed by atoms with Gasteiger partial charge in [-0.15, -0.1) is 0 Å². The van der Waals surface area contributed by atoms with Crippen molar-refractivity contribution in [2.45, 2.75) is 38.6 Å². The van der Waals surface area contributed by atoms with Gasteiger partial charge in [-0.25, -0.2) is 4.68 Å². The van der Waals surface area contributed by atoms with Crippen molar-refractivity contribution in [2.24, 2.45) is 7.05 Å². The summed E-state index contributed by atoms with van der Waals surface area (Å²) in [4.78, 5) is 12.9. The fourth-order valence-corrected chi connectivity index (χ4v) is 3.81. The summed E-state index contributed by atoms with van der Waals surface area (Å²) in [6, 6.07) is 7.53. The van der Waals surface area contributed by atoms with Gasteiger partial charge in [0.25, 0.3) is 5.91 Å². The minimum atomic E-state index is -0.195. The molecule has 4 rings (SSSR count). The van der Waals surface area contributed by atoms with Crippen molar-refractivity contribution < 1.29 is 4.79 Å². The number of aromatic amines is 1. The van der Waals surface area contributed by atoms with Crippen LogP contribution < -0.4 is 5.32 Å². The van der Waals surface area contributed by atoms with Crippen LogP contribution in [0.15, 0.2) is 24.3 Å². The zero-order valence-electron chi connectivity index (χ0n) is 15.5. The molecule has 0 bridgehead atoms. The first-order chi connectivity index (χ1) is 13.5. The molecule has 0 spiro atoms. The largest absolute Gasteiger partial charge is 0.343 e. The third-order valence-electron chi connectivity index (χ3n) is 5.10. The minimum Gasteiger partial charge on any atom is -0.343 e. The Morgan fingerprint density at radius 3 is 2.71 bits per heavy atom. The lowest BCUT2D eigenvalue weighted by atomic mass is 10.1. The number of carbonyl (C=O) groups excluding carboxylic acids is 1. The highest BCUT2D eigenvalue weighted by atomic mass is 35.5. The molecule has 3 aromatic rings. The van der Waals surface area contributed by atoms with Crippen LogP contribution in [0.4, 0.5) is 0 Å². The van der Waals surface area contributed by atoms with Crippen molar-refractivity contribution in [3.8, 4) is 5.69 Å². The Labute approximate surface area is 172 Å². The Morgan fingerprint density at radius 2 is 2.00 bits per heavy atom. The molecule has 9 heteroatoms. The summed E-state index contributed by atoms with van der Waals surface area (Å²) in [5.41, 5.74) is 3.56. The second kappa shape index (κ2) is 7.89. The monoisotopic (exact) mass is 416 g/mol. The quantitative estimate of drug-likeness (QED) is 0.503. The zero-order valence-corrected chi connectivity index (χ0v) is 17.1. The normalized spacial score (nSPS) is 13.8. The third-order valence-corrected chi connectivity index (χ3v) is 5.71. The van der Waals surface area contributed by atoms with Crippen LogP contribution in [0.25, 0.3) is 5.69 Å². The first kappa shape index (κ1) is 18.9. The molecule has 2 heterocycles. The second-order valence-electron chi connectivity index (χ2n) is 6.91.